The minimum atomic E-state index is -0.884. The molecule has 0 saturated heterocycles. The van der Waals surface area contributed by atoms with Crippen LogP contribution in [0.5, 0.6) is 0 Å². The third kappa shape index (κ3) is 2.38. The maximum Gasteiger partial charge on any atom is 0.159 e. The highest BCUT2D eigenvalue weighted by Gasteiger charge is 2.07. The van der Waals surface area contributed by atoms with Crippen LogP contribution in [-0.2, 0) is 0 Å². The Labute approximate surface area is 97.5 Å². The standard InChI is InChI=1S/C12H11F2N3/c1-7-16-11(6-12(15-2)17-7)8-3-4-9(13)10(14)5-8/h3-6H,1-2H3,(H,15,16,17). The lowest BCUT2D eigenvalue weighted by Crippen LogP contribution is -1.98. The Morgan fingerprint density at radius 3 is 2.47 bits per heavy atom. The summed E-state index contributed by atoms with van der Waals surface area (Å²) >= 11 is 0. The fourth-order valence-corrected chi connectivity index (χ4v) is 1.50. The Morgan fingerprint density at radius 1 is 1.06 bits per heavy atom. The van der Waals surface area contributed by atoms with Crippen LogP contribution in [0.4, 0.5) is 14.6 Å². The smallest absolute Gasteiger partial charge is 0.159 e. The first-order valence-corrected chi connectivity index (χ1v) is 5.09. The summed E-state index contributed by atoms with van der Waals surface area (Å²) in [6.45, 7) is 1.74. The van der Waals surface area contributed by atoms with E-state index < -0.39 is 11.6 Å². The SMILES string of the molecule is CNc1cc(-c2ccc(F)c(F)c2)nc(C)n1. The van der Waals surface area contributed by atoms with Crippen LogP contribution in [0.1, 0.15) is 5.82 Å². The molecule has 5 heteroatoms. The number of hydrogen-bond acceptors (Lipinski definition) is 3. The average Bonchev–Trinajstić information content (AvgIpc) is 2.32. The summed E-state index contributed by atoms with van der Waals surface area (Å²) in [6.07, 6.45) is 0. The quantitative estimate of drug-likeness (QED) is 0.869. The number of hydrogen-bond donors (Lipinski definition) is 1. The van der Waals surface area contributed by atoms with Crippen LogP contribution in [0.3, 0.4) is 0 Å². The van der Waals surface area contributed by atoms with Crippen LogP contribution in [0.25, 0.3) is 11.3 Å². The molecule has 1 N–H and O–H groups in total. The molecule has 0 aliphatic heterocycles. The van der Waals surface area contributed by atoms with E-state index in [1.807, 2.05) is 0 Å². The third-order valence-corrected chi connectivity index (χ3v) is 2.31. The summed E-state index contributed by atoms with van der Waals surface area (Å²) < 4.78 is 25.9. The van der Waals surface area contributed by atoms with Gasteiger partial charge >= 0.3 is 0 Å². The average molecular weight is 235 g/mol. The third-order valence-electron chi connectivity index (χ3n) is 2.31. The summed E-state index contributed by atoms with van der Waals surface area (Å²) in [6, 6.07) is 5.37. The van der Waals surface area contributed by atoms with Crippen LogP contribution >= 0.6 is 0 Å². The minimum absolute atomic E-state index is 0.519. The van der Waals surface area contributed by atoms with Crippen molar-refractivity contribution in [2.75, 3.05) is 12.4 Å². The molecule has 1 aromatic heterocycles. The lowest BCUT2D eigenvalue weighted by Gasteiger charge is -2.06. The molecule has 2 rings (SSSR count). The second-order valence-corrected chi connectivity index (χ2v) is 3.56. The number of nitrogens with one attached hydrogen (secondary N) is 1. The highest BCUT2D eigenvalue weighted by molar-refractivity contribution is 5.62. The second-order valence-electron chi connectivity index (χ2n) is 3.56. The monoisotopic (exact) mass is 235 g/mol. The van der Waals surface area contributed by atoms with Crippen molar-refractivity contribution in [2.45, 2.75) is 6.92 Å². The fourth-order valence-electron chi connectivity index (χ4n) is 1.50. The first-order valence-electron chi connectivity index (χ1n) is 5.09. The normalized spacial score (nSPS) is 10.4. The molecule has 1 heterocycles. The van der Waals surface area contributed by atoms with Gasteiger partial charge in [0.05, 0.1) is 5.69 Å². The lowest BCUT2D eigenvalue weighted by molar-refractivity contribution is 0.509. The predicted molar refractivity (Wildman–Crippen MR) is 61.7 cm³/mol. The number of rotatable bonds is 2. The zero-order chi connectivity index (χ0) is 12.4. The molecule has 2 aromatic rings. The second kappa shape index (κ2) is 4.45. The number of halogens is 2. The summed E-state index contributed by atoms with van der Waals surface area (Å²) in [7, 11) is 1.73. The number of benzene rings is 1. The number of anilines is 1. The highest BCUT2D eigenvalue weighted by Crippen LogP contribution is 2.21. The Kier molecular flexibility index (Phi) is 2.99. The van der Waals surface area contributed by atoms with Gasteiger partial charge in [-0.05, 0) is 25.1 Å². The maximum absolute atomic E-state index is 13.1. The molecule has 0 saturated carbocycles. The van der Waals surface area contributed by atoms with Crippen molar-refractivity contribution in [1.29, 1.82) is 0 Å². The zero-order valence-electron chi connectivity index (χ0n) is 9.46. The van der Waals surface area contributed by atoms with E-state index in [-0.39, 0.29) is 0 Å². The molecule has 0 fully saturated rings. The number of nitrogens with zero attached hydrogens (tertiary/aromatic N) is 2. The Balaban J connectivity index is 2.52. The van der Waals surface area contributed by atoms with E-state index in [1.54, 1.807) is 20.0 Å². The maximum atomic E-state index is 13.1. The minimum Gasteiger partial charge on any atom is -0.373 e. The van der Waals surface area contributed by atoms with Gasteiger partial charge in [0.1, 0.15) is 11.6 Å². The molecule has 0 radical (unpaired) electrons. The molecular weight excluding hydrogens is 224 g/mol. The molecule has 1 aromatic carbocycles. The molecule has 0 aliphatic carbocycles. The van der Waals surface area contributed by atoms with Crippen molar-refractivity contribution in [2.24, 2.45) is 0 Å². The van der Waals surface area contributed by atoms with E-state index in [1.165, 1.54) is 6.07 Å². The van der Waals surface area contributed by atoms with Gasteiger partial charge < -0.3 is 5.32 Å². The molecule has 0 unspecified atom stereocenters. The molecule has 0 spiro atoms. The highest BCUT2D eigenvalue weighted by atomic mass is 19.2. The van der Waals surface area contributed by atoms with E-state index in [0.717, 1.165) is 12.1 Å². The van der Waals surface area contributed by atoms with Crippen LogP contribution < -0.4 is 5.32 Å². The van der Waals surface area contributed by atoms with Gasteiger partial charge in [-0.3, -0.25) is 0 Å². The molecular formula is C12H11F2N3. The molecule has 17 heavy (non-hydrogen) atoms. The molecule has 3 nitrogen and oxygen atoms in total. The first-order chi connectivity index (χ1) is 8.10. The molecule has 0 bridgehead atoms. The lowest BCUT2D eigenvalue weighted by atomic mass is 10.1. The van der Waals surface area contributed by atoms with E-state index in [9.17, 15) is 8.78 Å². The van der Waals surface area contributed by atoms with E-state index >= 15 is 0 Å². The van der Waals surface area contributed by atoms with Crippen LogP contribution in [0, 0.1) is 18.6 Å². The zero-order valence-corrected chi connectivity index (χ0v) is 9.46. The largest absolute Gasteiger partial charge is 0.373 e. The van der Waals surface area contributed by atoms with Crippen molar-refractivity contribution in [1.82, 2.24) is 9.97 Å². The van der Waals surface area contributed by atoms with Crippen molar-refractivity contribution >= 4 is 5.82 Å². The topological polar surface area (TPSA) is 37.8 Å². The van der Waals surface area contributed by atoms with Crippen LogP contribution in [0.2, 0.25) is 0 Å². The first kappa shape index (κ1) is 11.4. The summed E-state index contributed by atoms with van der Waals surface area (Å²) in [4.78, 5) is 8.31. The predicted octanol–water partition coefficient (Wildman–Crippen LogP) is 2.77. The summed E-state index contributed by atoms with van der Waals surface area (Å²) in [5.74, 6) is -0.549. The van der Waals surface area contributed by atoms with Crippen LogP contribution in [-0.4, -0.2) is 17.0 Å². The van der Waals surface area contributed by atoms with Gasteiger partial charge in [0, 0.05) is 18.7 Å². The molecule has 0 amide bonds. The van der Waals surface area contributed by atoms with E-state index in [2.05, 4.69) is 15.3 Å². The van der Waals surface area contributed by atoms with E-state index in [0.29, 0.717) is 22.9 Å². The van der Waals surface area contributed by atoms with Gasteiger partial charge in [0.15, 0.2) is 11.6 Å². The van der Waals surface area contributed by atoms with Crippen molar-refractivity contribution in [3.05, 3.63) is 41.7 Å². The molecule has 0 atom stereocenters. The number of aromatic nitrogens is 2. The van der Waals surface area contributed by atoms with Crippen LogP contribution in [0.15, 0.2) is 24.3 Å². The van der Waals surface area contributed by atoms with E-state index in [4.69, 9.17) is 0 Å². The Bertz CT molecular complexity index is 555. The van der Waals surface area contributed by atoms with Gasteiger partial charge in [-0.15, -0.1) is 0 Å². The number of aryl methyl sites for hydroxylation is 1. The summed E-state index contributed by atoms with van der Waals surface area (Å²) in [5, 5.41) is 2.89. The molecule has 88 valence electrons. The molecule has 0 aliphatic rings. The van der Waals surface area contributed by atoms with Crippen molar-refractivity contribution < 1.29 is 8.78 Å². The fraction of sp³-hybridized carbons (Fsp3) is 0.167. The van der Waals surface area contributed by atoms with Gasteiger partial charge in [-0.1, -0.05) is 0 Å². The summed E-state index contributed by atoms with van der Waals surface area (Å²) in [5.41, 5.74) is 1.08. The van der Waals surface area contributed by atoms with Gasteiger partial charge in [-0.25, -0.2) is 18.7 Å². The van der Waals surface area contributed by atoms with Gasteiger partial charge in [-0.2, -0.15) is 0 Å². The van der Waals surface area contributed by atoms with Crippen molar-refractivity contribution in [3.63, 3.8) is 0 Å². The Hall–Kier alpha value is -2.04. The Morgan fingerprint density at radius 2 is 1.82 bits per heavy atom. The van der Waals surface area contributed by atoms with Crippen molar-refractivity contribution in [3.8, 4) is 11.3 Å². The van der Waals surface area contributed by atoms with Gasteiger partial charge in [0.25, 0.3) is 0 Å². The van der Waals surface area contributed by atoms with Gasteiger partial charge in [0.2, 0.25) is 0 Å².